The van der Waals surface area contributed by atoms with Crippen molar-refractivity contribution in [2.45, 2.75) is 72.0 Å². The van der Waals surface area contributed by atoms with Crippen LogP contribution in [0, 0.1) is 5.41 Å². The third-order valence-corrected chi connectivity index (χ3v) is 5.70. The van der Waals surface area contributed by atoms with Gasteiger partial charge in [-0.15, -0.1) is 5.10 Å². The van der Waals surface area contributed by atoms with E-state index in [1.807, 2.05) is 11.1 Å². The molecule has 1 amide bonds. The third-order valence-electron chi connectivity index (χ3n) is 5.70. The molecule has 1 saturated heterocycles. The highest BCUT2D eigenvalue weighted by Gasteiger charge is 2.26. The fourth-order valence-electron chi connectivity index (χ4n) is 3.92. The molecule has 29 heavy (non-hydrogen) atoms. The first-order valence-electron chi connectivity index (χ1n) is 10.6. The lowest BCUT2D eigenvalue weighted by Crippen LogP contribution is -2.36. The van der Waals surface area contributed by atoms with Gasteiger partial charge in [0.15, 0.2) is 5.69 Å². The van der Waals surface area contributed by atoms with Gasteiger partial charge in [0.25, 0.3) is 5.91 Å². The number of rotatable bonds is 5. The Hall–Kier alpha value is -2.35. The van der Waals surface area contributed by atoms with Gasteiger partial charge in [-0.1, -0.05) is 26.0 Å². The Balaban J connectivity index is 1.38. The first-order valence-corrected chi connectivity index (χ1v) is 10.6. The predicted molar refractivity (Wildman–Crippen MR) is 109 cm³/mol. The molecular weight excluding hydrogens is 366 g/mol. The topological polar surface area (TPSA) is 88.8 Å². The molecule has 156 valence electrons. The summed E-state index contributed by atoms with van der Waals surface area (Å²) in [5.41, 5.74) is 2.79. The van der Waals surface area contributed by atoms with E-state index in [4.69, 9.17) is 4.98 Å². The predicted octanol–water partition coefficient (Wildman–Crippen LogP) is 2.00. The van der Waals surface area contributed by atoms with Crippen LogP contribution in [0.5, 0.6) is 0 Å². The van der Waals surface area contributed by atoms with E-state index in [-0.39, 0.29) is 11.3 Å². The lowest BCUT2D eigenvalue weighted by Gasteiger charge is -2.27. The van der Waals surface area contributed by atoms with Gasteiger partial charge < -0.3 is 10.2 Å². The van der Waals surface area contributed by atoms with Crippen LogP contribution in [-0.4, -0.2) is 54.9 Å². The van der Waals surface area contributed by atoms with Crippen molar-refractivity contribution < 1.29 is 4.79 Å². The van der Waals surface area contributed by atoms with E-state index in [1.165, 1.54) is 6.42 Å². The largest absolute Gasteiger partial charge is 0.332 e. The summed E-state index contributed by atoms with van der Waals surface area (Å²) < 4.78 is 1.78. The summed E-state index contributed by atoms with van der Waals surface area (Å²) in [5, 5.41) is 11.7. The number of nitrogens with zero attached hydrogens (tertiary/aromatic N) is 6. The highest BCUT2D eigenvalue weighted by Crippen LogP contribution is 2.22. The van der Waals surface area contributed by atoms with Crippen LogP contribution in [0.3, 0.4) is 0 Å². The Morgan fingerprint density at radius 3 is 2.97 bits per heavy atom. The second-order valence-electron chi connectivity index (χ2n) is 9.41. The summed E-state index contributed by atoms with van der Waals surface area (Å²) in [6.45, 7) is 9.69. The highest BCUT2D eigenvalue weighted by atomic mass is 16.2. The van der Waals surface area contributed by atoms with E-state index >= 15 is 0 Å². The molecule has 1 N–H and O–H groups in total. The number of carbonyl (C=O) groups is 1. The van der Waals surface area contributed by atoms with Crippen molar-refractivity contribution in [1.29, 1.82) is 0 Å². The van der Waals surface area contributed by atoms with Gasteiger partial charge in [-0.25, -0.2) is 9.97 Å². The van der Waals surface area contributed by atoms with Crippen LogP contribution in [-0.2, 0) is 25.9 Å². The number of hydrogen-bond donors (Lipinski definition) is 1. The van der Waals surface area contributed by atoms with E-state index < -0.39 is 0 Å². The molecule has 4 rings (SSSR count). The van der Waals surface area contributed by atoms with Crippen molar-refractivity contribution in [2.24, 2.45) is 5.41 Å². The summed E-state index contributed by atoms with van der Waals surface area (Å²) in [5.74, 6) is 0.833. The van der Waals surface area contributed by atoms with Gasteiger partial charge >= 0.3 is 0 Å². The van der Waals surface area contributed by atoms with Gasteiger partial charge in [-0.2, -0.15) is 0 Å². The number of aryl methyl sites for hydroxylation is 1. The summed E-state index contributed by atoms with van der Waals surface area (Å²) >= 11 is 0. The molecule has 8 heteroatoms. The number of fused-ring (bicyclic) bond motifs is 1. The molecule has 1 fully saturated rings. The maximum Gasteiger partial charge on any atom is 0.276 e. The Morgan fingerprint density at radius 1 is 1.34 bits per heavy atom. The van der Waals surface area contributed by atoms with Crippen LogP contribution in [0.15, 0.2) is 12.4 Å². The molecule has 0 aromatic carbocycles. The molecule has 0 aliphatic carbocycles. The Bertz CT molecular complexity index is 864. The molecule has 0 unspecified atom stereocenters. The van der Waals surface area contributed by atoms with E-state index in [0.717, 1.165) is 55.9 Å². The van der Waals surface area contributed by atoms with Crippen LogP contribution in [0.4, 0.5) is 0 Å². The Labute approximate surface area is 172 Å². The lowest BCUT2D eigenvalue weighted by atomic mass is 9.90. The minimum Gasteiger partial charge on any atom is -0.332 e. The molecule has 0 saturated carbocycles. The molecule has 0 bridgehead atoms. The van der Waals surface area contributed by atoms with Crippen LogP contribution in [0.1, 0.15) is 67.6 Å². The monoisotopic (exact) mass is 397 g/mol. The summed E-state index contributed by atoms with van der Waals surface area (Å²) in [6, 6.07) is 0.422. The summed E-state index contributed by atoms with van der Waals surface area (Å²) in [7, 11) is 0. The molecule has 0 spiro atoms. The molecule has 2 aromatic heterocycles. The number of amides is 1. The zero-order valence-corrected chi connectivity index (χ0v) is 17.7. The van der Waals surface area contributed by atoms with Crippen molar-refractivity contribution in [3.63, 3.8) is 0 Å². The van der Waals surface area contributed by atoms with Crippen LogP contribution in [0.25, 0.3) is 0 Å². The molecule has 0 radical (unpaired) electrons. The third kappa shape index (κ3) is 4.98. The van der Waals surface area contributed by atoms with Gasteiger partial charge in [0, 0.05) is 43.7 Å². The molecule has 1 atom stereocenters. The Morgan fingerprint density at radius 2 is 2.21 bits per heavy atom. The summed E-state index contributed by atoms with van der Waals surface area (Å²) in [6.07, 6.45) is 8.70. The van der Waals surface area contributed by atoms with Gasteiger partial charge in [-0.3, -0.25) is 9.48 Å². The molecule has 4 heterocycles. The average Bonchev–Trinajstić information content (AvgIpc) is 3.37. The zero-order valence-electron chi connectivity index (χ0n) is 17.7. The Kier molecular flexibility index (Phi) is 5.63. The number of hydrogen-bond acceptors (Lipinski definition) is 6. The SMILES string of the molecule is CC(C)(C)CCc1ncc2c(n1)CCN(C(=O)c1cn(C[C@@H]3CCCN3)nn1)C2. The van der Waals surface area contributed by atoms with Gasteiger partial charge in [-0.05, 0) is 31.2 Å². The van der Waals surface area contributed by atoms with Gasteiger partial charge in [0.2, 0.25) is 0 Å². The van der Waals surface area contributed by atoms with Gasteiger partial charge in [0.05, 0.1) is 18.4 Å². The molecule has 2 aromatic rings. The summed E-state index contributed by atoms with van der Waals surface area (Å²) in [4.78, 5) is 24.0. The van der Waals surface area contributed by atoms with E-state index in [2.05, 4.69) is 41.4 Å². The van der Waals surface area contributed by atoms with Crippen molar-refractivity contribution in [3.8, 4) is 0 Å². The lowest BCUT2D eigenvalue weighted by molar-refractivity contribution is 0.0727. The first-order chi connectivity index (χ1) is 13.9. The quantitative estimate of drug-likeness (QED) is 0.830. The molecule has 2 aliphatic heterocycles. The maximum atomic E-state index is 12.9. The standard InChI is InChI=1S/C21H31N7O/c1-21(2,3)8-6-19-23-11-15-12-27(10-7-17(15)24-19)20(29)18-14-28(26-25-18)13-16-5-4-9-22-16/h11,14,16,22H,4-10,12-13H2,1-3H3/t16-/m0/s1. The minimum absolute atomic E-state index is 0.0712. The van der Waals surface area contributed by atoms with Crippen molar-refractivity contribution >= 4 is 5.91 Å². The van der Waals surface area contributed by atoms with E-state index in [0.29, 0.717) is 24.8 Å². The fraction of sp³-hybridized carbons (Fsp3) is 0.667. The maximum absolute atomic E-state index is 12.9. The first kappa shape index (κ1) is 19.9. The number of carbonyl (C=O) groups excluding carboxylic acids is 1. The van der Waals surface area contributed by atoms with E-state index in [9.17, 15) is 4.79 Å². The van der Waals surface area contributed by atoms with E-state index in [1.54, 1.807) is 10.9 Å². The highest BCUT2D eigenvalue weighted by molar-refractivity contribution is 5.92. The molecule has 8 nitrogen and oxygen atoms in total. The second-order valence-corrected chi connectivity index (χ2v) is 9.41. The molecular formula is C21H31N7O. The van der Waals surface area contributed by atoms with Crippen LogP contribution >= 0.6 is 0 Å². The van der Waals surface area contributed by atoms with Crippen LogP contribution in [0.2, 0.25) is 0 Å². The smallest absolute Gasteiger partial charge is 0.276 e. The molecule has 2 aliphatic rings. The normalized spacial score (nSPS) is 19.4. The second kappa shape index (κ2) is 8.18. The van der Waals surface area contributed by atoms with Crippen LogP contribution < -0.4 is 5.32 Å². The van der Waals surface area contributed by atoms with Crippen molar-refractivity contribution in [3.05, 3.63) is 35.2 Å². The number of aromatic nitrogens is 5. The van der Waals surface area contributed by atoms with Gasteiger partial charge in [0.1, 0.15) is 5.82 Å². The fourth-order valence-corrected chi connectivity index (χ4v) is 3.92. The van der Waals surface area contributed by atoms with Crippen molar-refractivity contribution in [1.82, 2.24) is 35.2 Å². The number of nitrogens with one attached hydrogen (secondary N) is 1. The average molecular weight is 398 g/mol. The zero-order chi connectivity index (χ0) is 20.4. The minimum atomic E-state index is -0.0712. The van der Waals surface area contributed by atoms with Crippen molar-refractivity contribution in [2.75, 3.05) is 13.1 Å².